The maximum atomic E-state index is 12.4. The molecule has 0 bridgehead atoms. The van der Waals surface area contributed by atoms with Crippen LogP contribution in [0.15, 0.2) is 18.0 Å². The number of carbonyl (C=O) groups is 1. The summed E-state index contributed by atoms with van der Waals surface area (Å²) >= 11 is 1.63. The Balaban J connectivity index is 1.61. The van der Waals surface area contributed by atoms with E-state index in [0.29, 0.717) is 13.0 Å². The molecule has 0 aliphatic carbocycles. The van der Waals surface area contributed by atoms with Crippen LogP contribution in [0.2, 0.25) is 0 Å². The predicted molar refractivity (Wildman–Crippen MR) is 80.1 cm³/mol. The first-order valence-corrected chi connectivity index (χ1v) is 8.19. The van der Waals surface area contributed by atoms with Crippen molar-refractivity contribution in [1.29, 1.82) is 0 Å². The molecule has 0 unspecified atom stereocenters. The first kappa shape index (κ1) is 14.2. The standard InChI is InChI=1S/C14H19N5OS/c1-2-13-17-11(8-21-13)6-14(20)18-5-3-4-12(7-18)19-10-15-9-16-19/h8-10,12H,2-7H2,1H3/t12-/m0/s1. The highest BCUT2D eigenvalue weighted by molar-refractivity contribution is 7.09. The molecule has 7 heteroatoms. The van der Waals surface area contributed by atoms with E-state index in [1.54, 1.807) is 24.0 Å². The van der Waals surface area contributed by atoms with E-state index in [-0.39, 0.29) is 11.9 Å². The summed E-state index contributed by atoms with van der Waals surface area (Å²) in [7, 11) is 0. The summed E-state index contributed by atoms with van der Waals surface area (Å²) in [6, 6.07) is 0.242. The molecule has 21 heavy (non-hydrogen) atoms. The Morgan fingerprint density at radius 2 is 2.43 bits per heavy atom. The Labute approximate surface area is 127 Å². The highest BCUT2D eigenvalue weighted by Crippen LogP contribution is 2.21. The van der Waals surface area contributed by atoms with Gasteiger partial charge in [0.25, 0.3) is 0 Å². The Bertz CT molecular complexity index is 594. The normalized spacial score (nSPS) is 18.9. The quantitative estimate of drug-likeness (QED) is 0.862. The van der Waals surface area contributed by atoms with Crippen LogP contribution in [0.3, 0.4) is 0 Å². The van der Waals surface area contributed by atoms with Gasteiger partial charge in [-0.25, -0.2) is 14.6 Å². The van der Waals surface area contributed by atoms with Crippen molar-refractivity contribution in [2.24, 2.45) is 0 Å². The lowest BCUT2D eigenvalue weighted by Crippen LogP contribution is -2.41. The number of hydrogen-bond donors (Lipinski definition) is 0. The van der Waals surface area contributed by atoms with Crippen LogP contribution < -0.4 is 0 Å². The van der Waals surface area contributed by atoms with Crippen molar-refractivity contribution < 1.29 is 4.79 Å². The zero-order valence-corrected chi connectivity index (χ0v) is 12.9. The third-order valence-electron chi connectivity index (χ3n) is 3.79. The maximum Gasteiger partial charge on any atom is 0.228 e. The Kier molecular flexibility index (Phi) is 4.28. The second-order valence-corrected chi connectivity index (χ2v) is 6.22. The molecule has 1 amide bonds. The molecule has 1 saturated heterocycles. The van der Waals surface area contributed by atoms with E-state index in [4.69, 9.17) is 0 Å². The molecule has 6 nitrogen and oxygen atoms in total. The minimum Gasteiger partial charge on any atom is -0.340 e. The average molecular weight is 305 g/mol. The first-order chi connectivity index (χ1) is 10.3. The summed E-state index contributed by atoms with van der Waals surface area (Å²) < 4.78 is 1.86. The topological polar surface area (TPSA) is 63.9 Å². The van der Waals surface area contributed by atoms with Crippen LogP contribution in [0.1, 0.15) is 36.5 Å². The van der Waals surface area contributed by atoms with E-state index < -0.39 is 0 Å². The molecule has 0 saturated carbocycles. The van der Waals surface area contributed by atoms with E-state index in [0.717, 1.165) is 36.5 Å². The number of carbonyl (C=O) groups excluding carboxylic acids is 1. The van der Waals surface area contributed by atoms with Crippen LogP contribution in [-0.2, 0) is 17.6 Å². The number of amides is 1. The molecular weight excluding hydrogens is 286 g/mol. The van der Waals surface area contributed by atoms with Crippen LogP contribution in [-0.4, -0.2) is 43.6 Å². The van der Waals surface area contributed by atoms with Gasteiger partial charge < -0.3 is 4.90 Å². The number of rotatable bonds is 4. The Morgan fingerprint density at radius 1 is 1.52 bits per heavy atom. The van der Waals surface area contributed by atoms with Gasteiger partial charge in [0.15, 0.2) is 0 Å². The fraction of sp³-hybridized carbons (Fsp3) is 0.571. The van der Waals surface area contributed by atoms with Crippen molar-refractivity contribution in [2.75, 3.05) is 13.1 Å². The summed E-state index contributed by atoms with van der Waals surface area (Å²) in [5.41, 5.74) is 0.893. The number of aromatic nitrogens is 4. The van der Waals surface area contributed by atoms with E-state index in [2.05, 4.69) is 22.0 Å². The van der Waals surface area contributed by atoms with Gasteiger partial charge in [-0.05, 0) is 19.3 Å². The number of hydrogen-bond acceptors (Lipinski definition) is 5. The minimum atomic E-state index is 0.160. The second-order valence-electron chi connectivity index (χ2n) is 5.27. The smallest absolute Gasteiger partial charge is 0.228 e. The number of piperidine rings is 1. The summed E-state index contributed by atoms with van der Waals surface area (Å²) in [5.74, 6) is 0.160. The van der Waals surface area contributed by atoms with Crippen LogP contribution >= 0.6 is 11.3 Å². The lowest BCUT2D eigenvalue weighted by atomic mass is 10.1. The third kappa shape index (κ3) is 3.29. The van der Waals surface area contributed by atoms with Crippen molar-refractivity contribution >= 4 is 17.2 Å². The van der Waals surface area contributed by atoms with Gasteiger partial charge in [0, 0.05) is 18.5 Å². The molecule has 0 N–H and O–H groups in total. The van der Waals surface area contributed by atoms with Gasteiger partial charge in [-0.2, -0.15) is 5.10 Å². The van der Waals surface area contributed by atoms with Gasteiger partial charge in [0.05, 0.1) is 23.2 Å². The predicted octanol–water partition coefficient (Wildman–Crippen LogP) is 1.70. The highest BCUT2D eigenvalue weighted by atomic mass is 32.1. The summed E-state index contributed by atoms with van der Waals surface area (Å²) in [5, 5.41) is 7.28. The van der Waals surface area contributed by atoms with Crippen molar-refractivity contribution in [1.82, 2.24) is 24.6 Å². The zero-order valence-electron chi connectivity index (χ0n) is 12.1. The molecule has 1 aliphatic rings. The van der Waals surface area contributed by atoms with Gasteiger partial charge in [-0.3, -0.25) is 4.79 Å². The molecule has 3 heterocycles. The zero-order chi connectivity index (χ0) is 14.7. The summed E-state index contributed by atoms with van der Waals surface area (Å²) in [6.45, 7) is 3.62. The molecular formula is C14H19N5OS. The minimum absolute atomic E-state index is 0.160. The fourth-order valence-electron chi connectivity index (χ4n) is 2.66. The van der Waals surface area contributed by atoms with E-state index in [1.807, 2.05) is 15.0 Å². The van der Waals surface area contributed by atoms with Crippen LogP contribution in [0, 0.1) is 0 Å². The molecule has 3 rings (SSSR count). The van der Waals surface area contributed by atoms with Gasteiger partial charge in [0.2, 0.25) is 5.91 Å². The molecule has 1 aliphatic heterocycles. The highest BCUT2D eigenvalue weighted by Gasteiger charge is 2.25. The van der Waals surface area contributed by atoms with Crippen molar-refractivity contribution in [3.8, 4) is 0 Å². The number of nitrogens with zero attached hydrogens (tertiary/aromatic N) is 5. The number of aryl methyl sites for hydroxylation is 1. The molecule has 0 spiro atoms. The van der Waals surface area contributed by atoms with E-state index in [1.165, 1.54) is 0 Å². The lowest BCUT2D eigenvalue weighted by molar-refractivity contribution is -0.132. The van der Waals surface area contributed by atoms with Crippen molar-refractivity contribution in [3.63, 3.8) is 0 Å². The summed E-state index contributed by atoms with van der Waals surface area (Å²) in [4.78, 5) is 22.8. The number of thiazole rings is 1. The van der Waals surface area contributed by atoms with Gasteiger partial charge in [-0.15, -0.1) is 11.3 Å². The van der Waals surface area contributed by atoms with Crippen molar-refractivity contribution in [3.05, 3.63) is 28.7 Å². The first-order valence-electron chi connectivity index (χ1n) is 7.31. The Hall–Kier alpha value is -1.76. The molecule has 0 aromatic carbocycles. The van der Waals surface area contributed by atoms with E-state index >= 15 is 0 Å². The maximum absolute atomic E-state index is 12.4. The van der Waals surface area contributed by atoms with Gasteiger partial charge >= 0.3 is 0 Å². The van der Waals surface area contributed by atoms with Gasteiger partial charge in [0.1, 0.15) is 12.7 Å². The SMILES string of the molecule is CCc1nc(CC(=O)N2CCC[C@H](n3cncn3)C2)cs1. The monoisotopic (exact) mass is 305 g/mol. The molecule has 2 aromatic rings. The van der Waals surface area contributed by atoms with E-state index in [9.17, 15) is 4.79 Å². The van der Waals surface area contributed by atoms with Crippen molar-refractivity contribution in [2.45, 2.75) is 38.6 Å². The number of likely N-dealkylation sites (tertiary alicyclic amines) is 1. The molecule has 1 fully saturated rings. The fourth-order valence-corrected chi connectivity index (χ4v) is 3.41. The largest absolute Gasteiger partial charge is 0.340 e. The van der Waals surface area contributed by atoms with Crippen LogP contribution in [0.4, 0.5) is 0 Å². The van der Waals surface area contributed by atoms with Crippen LogP contribution in [0.5, 0.6) is 0 Å². The summed E-state index contributed by atoms with van der Waals surface area (Å²) in [6.07, 6.45) is 6.66. The second kappa shape index (κ2) is 6.34. The average Bonchev–Trinajstić information content (AvgIpc) is 3.18. The molecule has 2 aromatic heterocycles. The lowest BCUT2D eigenvalue weighted by Gasteiger charge is -2.32. The third-order valence-corrected chi connectivity index (χ3v) is 4.84. The van der Waals surface area contributed by atoms with Gasteiger partial charge in [-0.1, -0.05) is 6.92 Å². The molecule has 1 atom stereocenters. The molecule has 112 valence electrons. The Morgan fingerprint density at radius 3 is 3.14 bits per heavy atom. The van der Waals surface area contributed by atoms with Crippen LogP contribution in [0.25, 0.3) is 0 Å². The molecule has 0 radical (unpaired) electrons.